The Kier molecular flexibility index (Phi) is 4.57. The van der Waals surface area contributed by atoms with Crippen LogP contribution in [0.15, 0.2) is 47.4 Å². The van der Waals surface area contributed by atoms with Crippen molar-refractivity contribution < 1.29 is 14.3 Å². The maximum absolute atomic E-state index is 12.7. The number of benzene rings is 2. The number of ether oxygens (including phenoxy) is 2. The summed E-state index contributed by atoms with van der Waals surface area (Å²) in [5.41, 5.74) is 3.01. The number of fused-ring (bicyclic) bond motifs is 1. The Morgan fingerprint density at radius 1 is 1.19 bits per heavy atom. The van der Waals surface area contributed by atoms with Gasteiger partial charge in [-0.3, -0.25) is 9.69 Å². The Hall–Kier alpha value is -2.51. The molecule has 2 aromatic carbocycles. The molecule has 4 rings (SSSR count). The normalized spacial score (nSPS) is 17.3. The summed E-state index contributed by atoms with van der Waals surface area (Å²) in [5.74, 6) is 1.31. The number of hydrogen-bond donors (Lipinski definition) is 1. The predicted molar refractivity (Wildman–Crippen MR) is 107 cm³/mol. The van der Waals surface area contributed by atoms with Crippen molar-refractivity contribution in [1.82, 2.24) is 4.90 Å². The maximum Gasteiger partial charge on any atom is 0.267 e. The van der Waals surface area contributed by atoms with Gasteiger partial charge in [-0.25, -0.2) is 0 Å². The number of aryl methyl sites for hydroxylation is 1. The summed E-state index contributed by atoms with van der Waals surface area (Å²) in [4.78, 5) is 14.8. The van der Waals surface area contributed by atoms with Crippen LogP contribution in [0.5, 0.6) is 11.5 Å². The zero-order valence-electron chi connectivity index (χ0n) is 14.0. The number of nitrogens with zero attached hydrogens (tertiary/aromatic N) is 1. The average molecular weight is 384 g/mol. The van der Waals surface area contributed by atoms with Gasteiger partial charge in [0.25, 0.3) is 5.91 Å². The summed E-state index contributed by atoms with van der Waals surface area (Å²) >= 11 is 6.67. The van der Waals surface area contributed by atoms with Crippen LogP contribution in [0.2, 0.25) is 0 Å². The fourth-order valence-electron chi connectivity index (χ4n) is 2.63. The number of amides is 1. The molecule has 132 valence electrons. The first-order chi connectivity index (χ1) is 12.6. The van der Waals surface area contributed by atoms with E-state index in [1.165, 1.54) is 17.3 Å². The molecule has 5 nitrogen and oxygen atoms in total. The minimum Gasteiger partial charge on any atom is -0.454 e. The first-order valence-electron chi connectivity index (χ1n) is 8.06. The van der Waals surface area contributed by atoms with E-state index in [9.17, 15) is 4.79 Å². The summed E-state index contributed by atoms with van der Waals surface area (Å²) in [5, 5.41) is 3.23. The molecule has 0 aliphatic carbocycles. The second-order valence-electron chi connectivity index (χ2n) is 5.92. The fraction of sp³-hybridized carbons (Fsp3) is 0.158. The Morgan fingerprint density at radius 2 is 1.96 bits per heavy atom. The third-order valence-electron chi connectivity index (χ3n) is 4.06. The monoisotopic (exact) mass is 384 g/mol. The number of carbonyl (C=O) groups is 1. The van der Waals surface area contributed by atoms with Gasteiger partial charge in [0.2, 0.25) is 6.79 Å². The van der Waals surface area contributed by atoms with Gasteiger partial charge >= 0.3 is 0 Å². The van der Waals surface area contributed by atoms with Gasteiger partial charge in [-0.2, -0.15) is 0 Å². The molecule has 0 aromatic heterocycles. The zero-order valence-corrected chi connectivity index (χ0v) is 15.7. The molecule has 2 heterocycles. The van der Waals surface area contributed by atoms with E-state index in [1.54, 1.807) is 4.90 Å². The molecule has 1 saturated heterocycles. The van der Waals surface area contributed by atoms with E-state index in [0.717, 1.165) is 17.0 Å². The van der Waals surface area contributed by atoms with Crippen LogP contribution in [0.25, 0.3) is 6.08 Å². The second-order valence-corrected chi connectivity index (χ2v) is 7.60. The third kappa shape index (κ3) is 3.40. The van der Waals surface area contributed by atoms with Crippen molar-refractivity contribution in [3.8, 4) is 11.5 Å². The molecule has 0 unspecified atom stereocenters. The van der Waals surface area contributed by atoms with E-state index >= 15 is 0 Å². The molecule has 26 heavy (non-hydrogen) atoms. The maximum atomic E-state index is 12.7. The van der Waals surface area contributed by atoms with E-state index < -0.39 is 0 Å². The fourth-order valence-corrected chi connectivity index (χ4v) is 3.89. The third-order valence-corrected chi connectivity index (χ3v) is 5.44. The van der Waals surface area contributed by atoms with Gasteiger partial charge in [-0.1, -0.05) is 47.7 Å². The van der Waals surface area contributed by atoms with Crippen molar-refractivity contribution in [1.29, 1.82) is 0 Å². The van der Waals surface area contributed by atoms with Crippen molar-refractivity contribution >= 4 is 46.0 Å². The van der Waals surface area contributed by atoms with Gasteiger partial charge in [0.1, 0.15) is 4.32 Å². The van der Waals surface area contributed by atoms with Crippen LogP contribution in [0, 0.1) is 6.92 Å². The molecular formula is C19H16N2O3S2. The standard InChI is InChI=1S/C19H16N2O3S2/c1-12-2-5-14(6-3-12)20-10-21-18(22)17(26-19(21)25)9-13-4-7-15-16(8-13)24-11-23-15/h2-9,20H,10-11H2,1H3. The summed E-state index contributed by atoms with van der Waals surface area (Å²) in [6.07, 6.45) is 1.83. The number of hydrogen-bond acceptors (Lipinski definition) is 6. The van der Waals surface area contributed by atoms with Crippen LogP contribution in [0.4, 0.5) is 5.69 Å². The van der Waals surface area contributed by atoms with Crippen LogP contribution in [0.3, 0.4) is 0 Å². The minimum absolute atomic E-state index is 0.0997. The number of carbonyl (C=O) groups excluding carboxylic acids is 1. The van der Waals surface area contributed by atoms with Gasteiger partial charge in [-0.05, 0) is 42.8 Å². The quantitative estimate of drug-likeness (QED) is 0.635. The van der Waals surface area contributed by atoms with Gasteiger partial charge in [-0.15, -0.1) is 0 Å². The highest BCUT2D eigenvalue weighted by atomic mass is 32.2. The van der Waals surface area contributed by atoms with Crippen molar-refractivity contribution in [2.45, 2.75) is 6.92 Å². The Bertz CT molecular complexity index is 910. The molecule has 2 aliphatic rings. The largest absolute Gasteiger partial charge is 0.454 e. The lowest BCUT2D eigenvalue weighted by atomic mass is 10.2. The lowest BCUT2D eigenvalue weighted by molar-refractivity contribution is -0.121. The molecule has 0 radical (unpaired) electrons. The first kappa shape index (κ1) is 16.9. The molecular weight excluding hydrogens is 368 g/mol. The lowest BCUT2D eigenvalue weighted by Crippen LogP contribution is -2.33. The Balaban J connectivity index is 1.47. The Morgan fingerprint density at radius 3 is 2.77 bits per heavy atom. The SMILES string of the molecule is Cc1ccc(NCN2C(=O)C(=Cc3ccc4c(c3)OCO4)SC2=S)cc1. The van der Waals surface area contributed by atoms with Crippen LogP contribution in [-0.4, -0.2) is 28.6 Å². The predicted octanol–water partition coefficient (Wildman–Crippen LogP) is 3.99. The molecule has 2 aliphatic heterocycles. The van der Waals surface area contributed by atoms with Crippen molar-refractivity contribution in [3.63, 3.8) is 0 Å². The van der Waals surface area contributed by atoms with Crippen molar-refractivity contribution in [2.24, 2.45) is 0 Å². The van der Waals surface area contributed by atoms with E-state index in [2.05, 4.69) is 5.32 Å². The van der Waals surface area contributed by atoms with Crippen molar-refractivity contribution in [2.75, 3.05) is 18.8 Å². The molecule has 7 heteroatoms. The summed E-state index contributed by atoms with van der Waals surface area (Å²) in [6, 6.07) is 13.6. The van der Waals surface area contributed by atoms with Crippen LogP contribution < -0.4 is 14.8 Å². The Labute approximate surface area is 161 Å². The van der Waals surface area contributed by atoms with Crippen LogP contribution >= 0.6 is 24.0 Å². The summed E-state index contributed by atoms with van der Waals surface area (Å²) in [7, 11) is 0. The van der Waals surface area contributed by atoms with Gasteiger partial charge in [0.15, 0.2) is 11.5 Å². The van der Waals surface area contributed by atoms with Crippen LogP contribution in [0.1, 0.15) is 11.1 Å². The van der Waals surface area contributed by atoms with E-state index in [0.29, 0.717) is 21.6 Å². The number of anilines is 1. The summed E-state index contributed by atoms with van der Waals surface area (Å²) < 4.78 is 11.2. The highest BCUT2D eigenvalue weighted by Crippen LogP contribution is 2.36. The molecule has 1 fully saturated rings. The average Bonchev–Trinajstić information content (AvgIpc) is 3.20. The first-order valence-corrected chi connectivity index (χ1v) is 9.28. The van der Waals surface area contributed by atoms with Crippen molar-refractivity contribution in [3.05, 3.63) is 58.5 Å². The van der Waals surface area contributed by atoms with E-state index in [-0.39, 0.29) is 12.7 Å². The van der Waals surface area contributed by atoms with Gasteiger partial charge in [0, 0.05) is 5.69 Å². The lowest BCUT2D eigenvalue weighted by Gasteiger charge is -2.16. The number of nitrogens with one attached hydrogen (secondary N) is 1. The molecule has 1 amide bonds. The van der Waals surface area contributed by atoms with E-state index in [1.807, 2.05) is 55.5 Å². The summed E-state index contributed by atoms with van der Waals surface area (Å²) in [6.45, 7) is 2.60. The second kappa shape index (κ2) is 7.01. The number of rotatable bonds is 4. The number of thiocarbonyl (C=S) groups is 1. The van der Waals surface area contributed by atoms with Crippen LogP contribution in [-0.2, 0) is 4.79 Å². The molecule has 0 spiro atoms. The van der Waals surface area contributed by atoms with Gasteiger partial charge < -0.3 is 14.8 Å². The minimum atomic E-state index is -0.0997. The molecule has 0 atom stereocenters. The molecule has 0 saturated carbocycles. The molecule has 0 bridgehead atoms. The molecule has 2 aromatic rings. The highest BCUT2D eigenvalue weighted by molar-refractivity contribution is 8.26. The van der Waals surface area contributed by atoms with E-state index in [4.69, 9.17) is 21.7 Å². The topological polar surface area (TPSA) is 50.8 Å². The highest BCUT2D eigenvalue weighted by Gasteiger charge is 2.31. The van der Waals surface area contributed by atoms with Gasteiger partial charge in [0.05, 0.1) is 11.6 Å². The number of thioether (sulfide) groups is 1. The molecule has 1 N–H and O–H groups in total. The zero-order chi connectivity index (χ0) is 18.1. The smallest absolute Gasteiger partial charge is 0.267 e.